The van der Waals surface area contributed by atoms with Gasteiger partial charge in [-0.1, -0.05) is 60.7 Å². The number of aliphatic imine (C=N–C) groups is 2. The highest BCUT2D eigenvalue weighted by molar-refractivity contribution is 7.14. The molecule has 130 valence electrons. The molecular weight excluding hydrogens is 348 g/mol. The molecule has 0 aliphatic carbocycles. The monoisotopic (exact) mass is 366 g/mol. The fourth-order valence-electron chi connectivity index (χ4n) is 3.45. The summed E-state index contributed by atoms with van der Waals surface area (Å²) in [6.45, 7) is 0. The van der Waals surface area contributed by atoms with Crippen LogP contribution in [0, 0.1) is 0 Å². The Morgan fingerprint density at radius 3 is 1.44 bits per heavy atom. The van der Waals surface area contributed by atoms with Gasteiger partial charge in [-0.15, -0.1) is 11.3 Å². The van der Waals surface area contributed by atoms with E-state index in [9.17, 15) is 0 Å². The molecule has 0 saturated heterocycles. The summed E-state index contributed by atoms with van der Waals surface area (Å²) in [5, 5.41) is 0. The highest BCUT2D eigenvalue weighted by Gasteiger charge is 2.18. The first-order valence-corrected chi connectivity index (χ1v) is 9.91. The van der Waals surface area contributed by atoms with Crippen molar-refractivity contribution in [2.75, 3.05) is 0 Å². The fraction of sp³-hybridized carbons (Fsp3) is 0.0833. The van der Waals surface area contributed by atoms with Crippen LogP contribution in [0.4, 0.5) is 0 Å². The zero-order chi connectivity index (χ0) is 18.1. The Balaban J connectivity index is 1.28. The third-order valence-electron chi connectivity index (χ3n) is 4.92. The molecule has 3 aromatic rings. The molecule has 0 saturated carbocycles. The average molecular weight is 366 g/mol. The Bertz CT molecular complexity index is 1010. The van der Waals surface area contributed by atoms with Crippen LogP contribution in [0.15, 0.2) is 95.2 Å². The van der Waals surface area contributed by atoms with Gasteiger partial charge >= 0.3 is 0 Å². The second-order valence-electron chi connectivity index (χ2n) is 6.71. The summed E-state index contributed by atoms with van der Waals surface area (Å²) >= 11 is 1.84. The quantitative estimate of drug-likeness (QED) is 0.524. The Morgan fingerprint density at radius 1 is 0.556 bits per heavy atom. The van der Waals surface area contributed by atoms with E-state index < -0.39 is 0 Å². The van der Waals surface area contributed by atoms with Crippen molar-refractivity contribution in [1.29, 1.82) is 0 Å². The standard InChI is InChI=1S/C24H18N2S/c1-3-7-17(8-4-1)21-13-19(15-25-21)23-11-12-24(27-23)20-14-22(26-16-20)18-9-5-2-6-10-18/h1-12,15-16H,13-14H2. The lowest BCUT2D eigenvalue weighted by molar-refractivity contribution is 1.50. The van der Waals surface area contributed by atoms with Gasteiger partial charge in [0, 0.05) is 35.0 Å². The molecule has 0 radical (unpaired) electrons. The van der Waals surface area contributed by atoms with Crippen LogP contribution in [-0.2, 0) is 0 Å². The van der Waals surface area contributed by atoms with Crippen LogP contribution in [0.5, 0.6) is 0 Å². The van der Waals surface area contributed by atoms with Crippen molar-refractivity contribution >= 4 is 33.9 Å². The molecule has 0 unspecified atom stereocenters. The number of hydrogen-bond acceptors (Lipinski definition) is 3. The van der Waals surface area contributed by atoms with Crippen molar-refractivity contribution in [2.24, 2.45) is 9.98 Å². The first kappa shape index (κ1) is 16.2. The third kappa shape index (κ3) is 3.22. The topological polar surface area (TPSA) is 24.7 Å². The summed E-state index contributed by atoms with van der Waals surface area (Å²) in [5.74, 6) is 0. The van der Waals surface area contributed by atoms with Crippen LogP contribution in [0.2, 0.25) is 0 Å². The van der Waals surface area contributed by atoms with Crippen LogP contribution in [0.1, 0.15) is 33.7 Å². The van der Waals surface area contributed by atoms with Crippen molar-refractivity contribution in [1.82, 2.24) is 0 Å². The minimum Gasteiger partial charge on any atom is -0.260 e. The summed E-state index contributed by atoms with van der Waals surface area (Å²) < 4.78 is 0. The van der Waals surface area contributed by atoms with E-state index in [4.69, 9.17) is 0 Å². The minimum atomic E-state index is 0.898. The van der Waals surface area contributed by atoms with E-state index >= 15 is 0 Å². The molecule has 0 atom stereocenters. The largest absolute Gasteiger partial charge is 0.260 e. The third-order valence-corrected chi connectivity index (χ3v) is 6.16. The Labute approximate surface area is 163 Å². The molecule has 0 bridgehead atoms. The van der Waals surface area contributed by atoms with E-state index in [-0.39, 0.29) is 0 Å². The van der Waals surface area contributed by atoms with Crippen LogP contribution in [0.3, 0.4) is 0 Å². The summed E-state index contributed by atoms with van der Waals surface area (Å²) in [6.07, 6.45) is 5.84. The van der Waals surface area contributed by atoms with Gasteiger partial charge in [-0.2, -0.15) is 0 Å². The Hall–Kier alpha value is -3.04. The van der Waals surface area contributed by atoms with Crippen molar-refractivity contribution < 1.29 is 0 Å². The molecule has 0 N–H and O–H groups in total. The van der Waals surface area contributed by atoms with E-state index in [1.165, 1.54) is 32.0 Å². The van der Waals surface area contributed by atoms with Crippen molar-refractivity contribution in [3.05, 3.63) is 106 Å². The molecule has 5 rings (SSSR count). The van der Waals surface area contributed by atoms with Crippen molar-refractivity contribution in [3.8, 4) is 0 Å². The van der Waals surface area contributed by atoms with Gasteiger partial charge in [0.05, 0.1) is 11.4 Å². The van der Waals surface area contributed by atoms with Gasteiger partial charge in [-0.05, 0) is 34.4 Å². The molecule has 27 heavy (non-hydrogen) atoms. The number of hydrogen-bond donors (Lipinski definition) is 0. The molecular formula is C24H18N2S. The zero-order valence-corrected chi connectivity index (χ0v) is 15.6. The predicted octanol–water partition coefficient (Wildman–Crippen LogP) is 6.22. The maximum Gasteiger partial charge on any atom is 0.0520 e. The maximum atomic E-state index is 4.65. The van der Waals surface area contributed by atoms with Crippen molar-refractivity contribution in [3.63, 3.8) is 0 Å². The van der Waals surface area contributed by atoms with E-state index in [1.807, 2.05) is 35.9 Å². The lowest BCUT2D eigenvalue weighted by Crippen LogP contribution is -1.97. The Morgan fingerprint density at radius 2 is 1.00 bits per heavy atom. The van der Waals surface area contributed by atoms with Gasteiger partial charge < -0.3 is 0 Å². The predicted molar refractivity (Wildman–Crippen MR) is 115 cm³/mol. The normalized spacial score (nSPS) is 16.0. The molecule has 1 aromatic heterocycles. The lowest BCUT2D eigenvalue weighted by atomic mass is 10.0. The summed E-state index contributed by atoms with van der Waals surface area (Å²) in [5.41, 5.74) is 7.31. The summed E-state index contributed by atoms with van der Waals surface area (Å²) in [7, 11) is 0. The van der Waals surface area contributed by atoms with Gasteiger partial charge in [0.25, 0.3) is 0 Å². The molecule has 2 aromatic carbocycles. The van der Waals surface area contributed by atoms with Crippen LogP contribution >= 0.6 is 11.3 Å². The molecule has 2 nitrogen and oxygen atoms in total. The smallest absolute Gasteiger partial charge is 0.0520 e. The number of rotatable bonds is 4. The second-order valence-corrected chi connectivity index (χ2v) is 7.79. The van der Waals surface area contributed by atoms with Gasteiger partial charge in [-0.25, -0.2) is 0 Å². The minimum absolute atomic E-state index is 0.898. The van der Waals surface area contributed by atoms with E-state index in [2.05, 4.69) is 70.6 Å². The summed E-state index contributed by atoms with van der Waals surface area (Å²) in [4.78, 5) is 11.9. The van der Waals surface area contributed by atoms with Gasteiger partial charge in [-0.3, -0.25) is 9.98 Å². The van der Waals surface area contributed by atoms with Gasteiger partial charge in [0.1, 0.15) is 0 Å². The SMILES string of the molecule is C1=C(c2ccc(C3=CN=C(c4ccccc4)C3)s2)CC(c2ccccc2)=N1. The first-order valence-electron chi connectivity index (χ1n) is 9.10. The average Bonchev–Trinajstić information content (AvgIpc) is 3.49. The van der Waals surface area contributed by atoms with Gasteiger partial charge in [0.2, 0.25) is 0 Å². The number of nitrogens with zero attached hydrogens (tertiary/aromatic N) is 2. The van der Waals surface area contributed by atoms with E-state index in [0.29, 0.717) is 0 Å². The van der Waals surface area contributed by atoms with Crippen LogP contribution in [0.25, 0.3) is 11.1 Å². The highest BCUT2D eigenvalue weighted by atomic mass is 32.1. The second kappa shape index (κ2) is 6.93. The number of benzene rings is 2. The van der Waals surface area contributed by atoms with Gasteiger partial charge in [0.15, 0.2) is 0 Å². The lowest BCUT2D eigenvalue weighted by Gasteiger charge is -2.03. The zero-order valence-electron chi connectivity index (χ0n) is 14.8. The molecule has 0 amide bonds. The summed E-state index contributed by atoms with van der Waals surface area (Å²) in [6, 6.07) is 25.3. The molecule has 3 heteroatoms. The molecule has 2 aliphatic rings. The van der Waals surface area contributed by atoms with E-state index in [0.717, 1.165) is 24.3 Å². The van der Waals surface area contributed by atoms with E-state index in [1.54, 1.807) is 0 Å². The fourth-order valence-corrected chi connectivity index (χ4v) is 4.47. The Kier molecular flexibility index (Phi) is 4.15. The maximum absolute atomic E-state index is 4.65. The molecule has 0 spiro atoms. The first-order chi connectivity index (χ1) is 13.4. The highest BCUT2D eigenvalue weighted by Crippen LogP contribution is 2.36. The number of thiophene rings is 1. The molecule has 0 fully saturated rings. The van der Waals surface area contributed by atoms with Crippen LogP contribution < -0.4 is 0 Å². The van der Waals surface area contributed by atoms with Crippen LogP contribution in [-0.4, -0.2) is 11.4 Å². The van der Waals surface area contributed by atoms with Crippen molar-refractivity contribution in [2.45, 2.75) is 12.8 Å². The molecule has 3 heterocycles. The molecule has 2 aliphatic heterocycles. The number of allylic oxidation sites excluding steroid dienone is 2.